The third-order valence-electron chi connectivity index (χ3n) is 7.65. The molecular weight excluding hydrogens is 514 g/mol. The van der Waals surface area contributed by atoms with E-state index in [9.17, 15) is 0 Å². The van der Waals surface area contributed by atoms with Gasteiger partial charge in [-0.1, -0.05) is 115 Å². The molecule has 1 aliphatic heterocycles. The van der Waals surface area contributed by atoms with Gasteiger partial charge in [0.05, 0.1) is 17.1 Å². The molecule has 8 rings (SSSR count). The third-order valence-corrected chi connectivity index (χ3v) is 7.65. The average Bonchev–Trinajstić information content (AvgIpc) is 3.07. The van der Waals surface area contributed by atoms with Gasteiger partial charge in [0.1, 0.15) is 5.82 Å². The smallest absolute Gasteiger partial charge is 0.162 e. The van der Waals surface area contributed by atoms with Gasteiger partial charge in [0.25, 0.3) is 0 Å². The summed E-state index contributed by atoms with van der Waals surface area (Å²) in [5, 5.41) is 2.44. The van der Waals surface area contributed by atoms with Gasteiger partial charge in [-0.2, -0.15) is 0 Å². The minimum atomic E-state index is 0.672. The molecule has 4 nitrogen and oxygen atoms in total. The highest BCUT2D eigenvalue weighted by atomic mass is 16.5. The summed E-state index contributed by atoms with van der Waals surface area (Å²) in [6, 6.07) is 52.0. The van der Waals surface area contributed by atoms with Crippen molar-refractivity contribution in [2.45, 2.75) is 0 Å². The van der Waals surface area contributed by atoms with Crippen molar-refractivity contribution in [1.82, 2.24) is 9.97 Å². The summed E-state index contributed by atoms with van der Waals surface area (Å²) in [6.45, 7) is 0. The zero-order valence-corrected chi connectivity index (χ0v) is 22.7. The Labute approximate surface area is 244 Å². The summed E-state index contributed by atoms with van der Waals surface area (Å²) in [5.41, 5.74) is 6.95. The summed E-state index contributed by atoms with van der Waals surface area (Å²) in [7, 11) is 0. The van der Waals surface area contributed by atoms with E-state index in [0.717, 1.165) is 56.6 Å². The lowest BCUT2D eigenvalue weighted by atomic mass is 10.00. The quantitative estimate of drug-likeness (QED) is 0.223. The molecule has 42 heavy (non-hydrogen) atoms. The van der Waals surface area contributed by atoms with Crippen LogP contribution in [0.4, 0.5) is 17.2 Å². The van der Waals surface area contributed by atoms with Crippen LogP contribution in [-0.4, -0.2) is 9.97 Å². The summed E-state index contributed by atoms with van der Waals surface area (Å²) < 4.78 is 6.52. The molecule has 7 aromatic rings. The van der Waals surface area contributed by atoms with E-state index in [1.807, 2.05) is 66.7 Å². The van der Waals surface area contributed by atoms with Crippen LogP contribution in [0.1, 0.15) is 0 Å². The van der Waals surface area contributed by atoms with Crippen LogP contribution < -0.4 is 9.64 Å². The summed E-state index contributed by atoms with van der Waals surface area (Å²) in [6.07, 6.45) is 0. The highest BCUT2D eigenvalue weighted by molar-refractivity contribution is 5.90. The molecule has 6 aromatic carbocycles. The van der Waals surface area contributed by atoms with Gasteiger partial charge in [-0.15, -0.1) is 0 Å². The van der Waals surface area contributed by atoms with Crippen molar-refractivity contribution in [3.63, 3.8) is 0 Å². The Morgan fingerprint density at radius 1 is 0.429 bits per heavy atom. The maximum atomic E-state index is 6.52. The van der Waals surface area contributed by atoms with Crippen molar-refractivity contribution < 1.29 is 4.74 Å². The average molecular weight is 540 g/mol. The van der Waals surface area contributed by atoms with Crippen molar-refractivity contribution in [2.75, 3.05) is 4.90 Å². The second-order valence-electron chi connectivity index (χ2n) is 10.3. The Morgan fingerprint density at radius 2 is 1.07 bits per heavy atom. The molecule has 0 saturated carbocycles. The number of anilines is 3. The molecule has 2 heterocycles. The third kappa shape index (κ3) is 4.27. The van der Waals surface area contributed by atoms with E-state index in [2.05, 4.69) is 89.8 Å². The molecule has 198 valence electrons. The summed E-state index contributed by atoms with van der Waals surface area (Å²) >= 11 is 0. The molecule has 0 saturated heterocycles. The molecule has 1 aromatic heterocycles. The first-order valence-electron chi connectivity index (χ1n) is 14.0. The van der Waals surface area contributed by atoms with Gasteiger partial charge in [0.2, 0.25) is 0 Å². The highest BCUT2D eigenvalue weighted by Crippen LogP contribution is 2.51. The SMILES string of the molecule is c1ccc(-c2cc(N3c4ccccc4Oc4cc(-c5ccc6ccccc6c5)ccc43)nc(-c3ccccc3)n2)cc1. The number of para-hydroxylation sites is 2. The first-order valence-corrected chi connectivity index (χ1v) is 14.0. The molecule has 0 aliphatic carbocycles. The second kappa shape index (κ2) is 10.0. The van der Waals surface area contributed by atoms with Crippen molar-refractivity contribution in [2.24, 2.45) is 0 Å². The van der Waals surface area contributed by atoms with Crippen LogP contribution in [-0.2, 0) is 0 Å². The van der Waals surface area contributed by atoms with Crippen LogP contribution in [0.5, 0.6) is 11.5 Å². The van der Waals surface area contributed by atoms with Gasteiger partial charge < -0.3 is 4.74 Å². The fraction of sp³-hybridized carbons (Fsp3) is 0. The van der Waals surface area contributed by atoms with Crippen LogP contribution in [0.3, 0.4) is 0 Å². The van der Waals surface area contributed by atoms with Gasteiger partial charge in [-0.3, -0.25) is 4.90 Å². The van der Waals surface area contributed by atoms with Gasteiger partial charge in [-0.05, 0) is 52.2 Å². The van der Waals surface area contributed by atoms with Gasteiger partial charge in [0.15, 0.2) is 17.3 Å². The van der Waals surface area contributed by atoms with Crippen molar-refractivity contribution in [3.8, 4) is 45.3 Å². The van der Waals surface area contributed by atoms with Crippen molar-refractivity contribution in [3.05, 3.63) is 152 Å². The maximum Gasteiger partial charge on any atom is 0.162 e. The van der Waals surface area contributed by atoms with Crippen LogP contribution >= 0.6 is 0 Å². The van der Waals surface area contributed by atoms with E-state index in [1.165, 1.54) is 10.8 Å². The Kier molecular flexibility index (Phi) is 5.75. The summed E-state index contributed by atoms with van der Waals surface area (Å²) in [4.78, 5) is 12.3. The zero-order valence-electron chi connectivity index (χ0n) is 22.7. The largest absolute Gasteiger partial charge is 0.453 e. The molecule has 4 heteroatoms. The normalized spacial score (nSPS) is 12.0. The van der Waals surface area contributed by atoms with E-state index in [0.29, 0.717) is 5.82 Å². The lowest BCUT2D eigenvalue weighted by Crippen LogP contribution is -2.17. The molecule has 0 radical (unpaired) electrons. The predicted octanol–water partition coefficient (Wildman–Crippen LogP) is 10.2. The van der Waals surface area contributed by atoms with E-state index in [4.69, 9.17) is 14.7 Å². The van der Waals surface area contributed by atoms with Crippen LogP contribution in [0, 0.1) is 0 Å². The van der Waals surface area contributed by atoms with Crippen molar-refractivity contribution in [1.29, 1.82) is 0 Å². The van der Waals surface area contributed by atoms with Gasteiger partial charge >= 0.3 is 0 Å². The first kappa shape index (κ1) is 24.1. The number of nitrogens with zero attached hydrogens (tertiary/aromatic N) is 3. The first-order chi connectivity index (χ1) is 20.8. The highest BCUT2D eigenvalue weighted by Gasteiger charge is 2.28. The van der Waals surface area contributed by atoms with E-state index in [-0.39, 0.29) is 0 Å². The monoisotopic (exact) mass is 539 g/mol. The van der Waals surface area contributed by atoms with E-state index in [1.54, 1.807) is 0 Å². The van der Waals surface area contributed by atoms with Gasteiger partial charge in [0, 0.05) is 17.2 Å². The fourth-order valence-electron chi connectivity index (χ4n) is 5.57. The molecule has 0 fully saturated rings. The number of hydrogen-bond donors (Lipinski definition) is 0. The minimum Gasteiger partial charge on any atom is -0.453 e. The molecule has 0 unspecified atom stereocenters. The number of hydrogen-bond acceptors (Lipinski definition) is 4. The Morgan fingerprint density at radius 3 is 1.90 bits per heavy atom. The maximum absolute atomic E-state index is 6.52. The molecule has 0 amide bonds. The Bertz CT molecular complexity index is 2020. The lowest BCUT2D eigenvalue weighted by molar-refractivity contribution is 0.477. The molecule has 0 N–H and O–H groups in total. The second-order valence-corrected chi connectivity index (χ2v) is 10.3. The fourth-order valence-corrected chi connectivity index (χ4v) is 5.57. The standard InChI is InChI=1S/C38H25N3O/c1-3-12-27(13-4-1)32-25-37(40-38(39-32)28-14-5-2-6-15-28)41-33-17-9-10-18-35(33)42-36-24-31(21-22-34(36)41)30-20-19-26-11-7-8-16-29(26)23-30/h1-25H. The summed E-state index contributed by atoms with van der Waals surface area (Å²) in [5.74, 6) is 3.01. The van der Waals surface area contributed by atoms with Crippen LogP contribution in [0.2, 0.25) is 0 Å². The Hall–Kier alpha value is -5.74. The molecule has 1 aliphatic rings. The Balaban J connectivity index is 1.31. The van der Waals surface area contributed by atoms with Crippen LogP contribution in [0.25, 0.3) is 44.5 Å². The molecule has 0 spiro atoms. The zero-order chi connectivity index (χ0) is 27.9. The van der Waals surface area contributed by atoms with E-state index >= 15 is 0 Å². The lowest BCUT2D eigenvalue weighted by Gasteiger charge is -2.32. The number of rotatable bonds is 4. The minimum absolute atomic E-state index is 0.672. The van der Waals surface area contributed by atoms with Crippen molar-refractivity contribution >= 4 is 28.0 Å². The topological polar surface area (TPSA) is 38.2 Å². The molecule has 0 atom stereocenters. The number of benzene rings is 6. The van der Waals surface area contributed by atoms with Gasteiger partial charge in [-0.25, -0.2) is 9.97 Å². The molecule has 0 bridgehead atoms. The number of aromatic nitrogens is 2. The number of ether oxygens (including phenoxy) is 1. The molecular formula is C38H25N3O. The predicted molar refractivity (Wildman–Crippen MR) is 171 cm³/mol. The number of fused-ring (bicyclic) bond motifs is 3. The van der Waals surface area contributed by atoms with E-state index < -0.39 is 0 Å². The van der Waals surface area contributed by atoms with Crippen LogP contribution in [0.15, 0.2) is 152 Å².